The summed E-state index contributed by atoms with van der Waals surface area (Å²) in [7, 11) is -3.34. The second-order valence-corrected chi connectivity index (χ2v) is 8.05. The van der Waals surface area contributed by atoms with Gasteiger partial charge >= 0.3 is 0 Å². The van der Waals surface area contributed by atoms with Crippen molar-refractivity contribution >= 4 is 16.0 Å². The van der Waals surface area contributed by atoms with E-state index in [-0.39, 0.29) is 18.9 Å². The summed E-state index contributed by atoms with van der Waals surface area (Å²) in [6.45, 7) is 6.62. The fourth-order valence-electron chi connectivity index (χ4n) is 2.08. The zero-order chi connectivity index (χ0) is 19.8. The summed E-state index contributed by atoms with van der Waals surface area (Å²) in [6.07, 6.45) is 1.09. The van der Waals surface area contributed by atoms with Gasteiger partial charge in [-0.15, -0.1) is 0 Å². The van der Waals surface area contributed by atoms with Crippen LogP contribution in [-0.4, -0.2) is 52.4 Å². The first-order valence-electron chi connectivity index (χ1n) is 8.11. The molecule has 10 heteroatoms. The highest BCUT2D eigenvalue weighted by Gasteiger charge is 2.21. The molecule has 0 atom stereocenters. The monoisotopic (exact) mass is 392 g/mol. The van der Waals surface area contributed by atoms with Gasteiger partial charge in [-0.3, -0.25) is 4.99 Å². The fourth-order valence-corrected chi connectivity index (χ4v) is 3.14. The first-order valence-corrected chi connectivity index (χ1v) is 10.0. The van der Waals surface area contributed by atoms with Crippen LogP contribution in [0.2, 0.25) is 0 Å². The van der Waals surface area contributed by atoms with Crippen LogP contribution in [0.15, 0.2) is 23.2 Å². The van der Waals surface area contributed by atoms with Crippen LogP contribution in [0, 0.1) is 11.6 Å². The van der Waals surface area contributed by atoms with Gasteiger partial charge < -0.3 is 15.4 Å². The van der Waals surface area contributed by atoms with Crippen molar-refractivity contribution in [2.24, 2.45) is 4.99 Å². The highest BCUT2D eigenvalue weighted by Crippen LogP contribution is 2.17. The molecule has 0 amide bonds. The van der Waals surface area contributed by atoms with Gasteiger partial charge in [-0.1, -0.05) is 0 Å². The molecule has 0 spiro atoms. The summed E-state index contributed by atoms with van der Waals surface area (Å²) in [5, 5.41) is 6.02. The van der Waals surface area contributed by atoms with Crippen molar-refractivity contribution in [3.8, 4) is 5.75 Å². The summed E-state index contributed by atoms with van der Waals surface area (Å²) in [5.41, 5.74) is -0.746. The lowest BCUT2D eigenvalue weighted by Crippen LogP contribution is -2.47. The molecule has 0 radical (unpaired) electrons. The predicted octanol–water partition coefficient (Wildman–Crippen LogP) is 1.23. The third-order valence-corrected chi connectivity index (χ3v) is 3.91. The Bertz CT molecular complexity index is 724. The molecule has 1 rings (SSSR count). The number of hydrogen-bond acceptors (Lipinski definition) is 4. The SMILES string of the molecule is CCNC(=NCC(C)(C)NS(C)(=O)=O)NCCOc1ccc(F)cc1F. The summed E-state index contributed by atoms with van der Waals surface area (Å²) >= 11 is 0. The largest absolute Gasteiger partial charge is 0.489 e. The Labute approximate surface area is 153 Å². The number of sulfonamides is 1. The zero-order valence-corrected chi connectivity index (χ0v) is 16.2. The molecular formula is C16H26F2N4O3S. The first-order chi connectivity index (χ1) is 12.0. The summed E-state index contributed by atoms with van der Waals surface area (Å²) in [5.74, 6) is -0.994. The van der Waals surface area contributed by atoms with E-state index < -0.39 is 27.2 Å². The second-order valence-electron chi connectivity index (χ2n) is 6.30. The first kappa shape index (κ1) is 22.1. The summed E-state index contributed by atoms with van der Waals surface area (Å²) < 4.78 is 56.8. The molecule has 0 aromatic heterocycles. The molecule has 0 bridgehead atoms. The van der Waals surface area contributed by atoms with E-state index in [4.69, 9.17) is 4.74 Å². The van der Waals surface area contributed by atoms with Crippen molar-refractivity contribution < 1.29 is 21.9 Å². The average Bonchev–Trinajstić information content (AvgIpc) is 2.48. The maximum absolute atomic E-state index is 13.5. The average molecular weight is 392 g/mol. The molecule has 148 valence electrons. The van der Waals surface area contributed by atoms with Crippen molar-refractivity contribution in [1.82, 2.24) is 15.4 Å². The molecule has 1 aromatic carbocycles. The summed E-state index contributed by atoms with van der Waals surface area (Å²) in [4.78, 5) is 4.33. The van der Waals surface area contributed by atoms with Crippen LogP contribution >= 0.6 is 0 Å². The minimum Gasteiger partial charge on any atom is -0.489 e. The van der Waals surface area contributed by atoms with E-state index in [9.17, 15) is 17.2 Å². The van der Waals surface area contributed by atoms with Crippen LogP contribution in [0.1, 0.15) is 20.8 Å². The molecule has 0 unspecified atom stereocenters. The van der Waals surface area contributed by atoms with Crippen LogP contribution in [0.25, 0.3) is 0 Å². The minimum absolute atomic E-state index is 0.0337. The third kappa shape index (κ3) is 8.95. The Kier molecular flexibility index (Phi) is 8.22. The molecule has 0 aliphatic heterocycles. The van der Waals surface area contributed by atoms with Crippen molar-refractivity contribution in [3.63, 3.8) is 0 Å². The van der Waals surface area contributed by atoms with Crippen molar-refractivity contribution in [1.29, 1.82) is 0 Å². The van der Waals surface area contributed by atoms with Crippen LogP contribution in [0.4, 0.5) is 8.78 Å². The molecule has 0 heterocycles. The number of nitrogens with zero attached hydrogens (tertiary/aromatic N) is 1. The lowest BCUT2D eigenvalue weighted by molar-refractivity contribution is 0.304. The Morgan fingerprint density at radius 1 is 1.27 bits per heavy atom. The Hall–Kier alpha value is -1.94. The topological polar surface area (TPSA) is 91.8 Å². The van der Waals surface area contributed by atoms with E-state index in [0.29, 0.717) is 19.0 Å². The van der Waals surface area contributed by atoms with Gasteiger partial charge in [0.05, 0.1) is 19.3 Å². The highest BCUT2D eigenvalue weighted by molar-refractivity contribution is 7.88. The minimum atomic E-state index is -3.34. The molecule has 0 saturated heterocycles. The van der Waals surface area contributed by atoms with E-state index >= 15 is 0 Å². The Balaban J connectivity index is 2.54. The standard InChI is InChI=1S/C16H26F2N4O3S/c1-5-19-15(21-11-16(2,3)22-26(4,23)24)20-8-9-25-14-7-6-12(17)10-13(14)18/h6-7,10,22H,5,8-9,11H2,1-4H3,(H2,19,20,21). The maximum Gasteiger partial charge on any atom is 0.209 e. The van der Waals surface area contributed by atoms with Gasteiger partial charge in [0.1, 0.15) is 12.4 Å². The quantitative estimate of drug-likeness (QED) is 0.334. The van der Waals surface area contributed by atoms with Gasteiger partial charge in [0, 0.05) is 18.2 Å². The third-order valence-electron chi connectivity index (χ3n) is 2.98. The molecule has 0 aliphatic rings. The molecule has 26 heavy (non-hydrogen) atoms. The highest BCUT2D eigenvalue weighted by atomic mass is 32.2. The van der Waals surface area contributed by atoms with Crippen molar-refractivity contribution in [2.45, 2.75) is 26.3 Å². The van der Waals surface area contributed by atoms with Crippen LogP contribution in [-0.2, 0) is 10.0 Å². The normalized spacial score (nSPS) is 12.8. The van der Waals surface area contributed by atoms with Crippen LogP contribution in [0.5, 0.6) is 5.75 Å². The molecule has 7 nitrogen and oxygen atoms in total. The second kappa shape index (κ2) is 9.67. The van der Waals surface area contributed by atoms with E-state index in [1.165, 1.54) is 6.07 Å². The molecule has 0 fully saturated rings. The van der Waals surface area contributed by atoms with Gasteiger partial charge in [-0.25, -0.2) is 21.9 Å². The number of ether oxygens (including phenoxy) is 1. The molecule has 1 aromatic rings. The lowest BCUT2D eigenvalue weighted by Gasteiger charge is -2.23. The number of guanidine groups is 1. The van der Waals surface area contributed by atoms with Gasteiger partial charge in [0.15, 0.2) is 17.5 Å². The number of aliphatic imine (C=N–C) groups is 1. The van der Waals surface area contributed by atoms with E-state index in [1.54, 1.807) is 13.8 Å². The Morgan fingerprint density at radius 3 is 2.54 bits per heavy atom. The van der Waals surface area contributed by atoms with Gasteiger partial charge in [-0.05, 0) is 32.9 Å². The maximum atomic E-state index is 13.5. The van der Waals surface area contributed by atoms with Crippen LogP contribution < -0.4 is 20.1 Å². The molecular weight excluding hydrogens is 366 g/mol. The molecule has 0 saturated carbocycles. The predicted molar refractivity (Wildman–Crippen MR) is 97.9 cm³/mol. The van der Waals surface area contributed by atoms with E-state index in [0.717, 1.165) is 18.4 Å². The number of nitrogens with one attached hydrogen (secondary N) is 3. The van der Waals surface area contributed by atoms with E-state index in [1.807, 2.05) is 6.92 Å². The lowest BCUT2D eigenvalue weighted by atomic mass is 10.1. The van der Waals surface area contributed by atoms with Crippen LogP contribution in [0.3, 0.4) is 0 Å². The fraction of sp³-hybridized carbons (Fsp3) is 0.562. The van der Waals surface area contributed by atoms with Crippen molar-refractivity contribution in [2.75, 3.05) is 32.5 Å². The van der Waals surface area contributed by atoms with Gasteiger partial charge in [-0.2, -0.15) is 0 Å². The number of benzene rings is 1. The number of rotatable bonds is 9. The smallest absolute Gasteiger partial charge is 0.209 e. The molecule has 0 aliphatic carbocycles. The number of halogens is 2. The van der Waals surface area contributed by atoms with Gasteiger partial charge in [0.25, 0.3) is 0 Å². The Morgan fingerprint density at radius 2 is 1.96 bits per heavy atom. The van der Waals surface area contributed by atoms with E-state index in [2.05, 4.69) is 20.3 Å². The van der Waals surface area contributed by atoms with Gasteiger partial charge in [0.2, 0.25) is 10.0 Å². The van der Waals surface area contributed by atoms with Crippen molar-refractivity contribution in [3.05, 3.63) is 29.8 Å². The molecule has 3 N–H and O–H groups in total. The summed E-state index contributed by atoms with van der Waals surface area (Å²) in [6, 6.07) is 3.10. The number of hydrogen-bond donors (Lipinski definition) is 3. The zero-order valence-electron chi connectivity index (χ0n) is 15.4.